The molecule has 0 fully saturated rings. The van der Waals surface area contributed by atoms with Crippen molar-refractivity contribution in [2.75, 3.05) is 45.4 Å². The Hall–Kier alpha value is -2.25. The van der Waals surface area contributed by atoms with Crippen molar-refractivity contribution in [1.82, 2.24) is 0 Å². The molecule has 0 saturated carbocycles. The Morgan fingerprint density at radius 3 is 2.06 bits per heavy atom. The van der Waals surface area contributed by atoms with Crippen molar-refractivity contribution in [3.63, 3.8) is 0 Å². The first-order chi connectivity index (χ1) is 16.1. The Morgan fingerprint density at radius 1 is 1.09 bits per heavy atom. The van der Waals surface area contributed by atoms with Gasteiger partial charge in [0.25, 0.3) is 0 Å². The standard InChI is InChI=1S/C13H22N2O2.C9H18O.C3H6O.C2H4O/c1-11-4-5-12(10-13(11)15(2)3)17-9-8-16-7-6-14;1-5-6-8(4)9(10)7(2)3;1-2-3-4;1-2-3/h4-5,10H,6-9,14H2,1-3H3;7-8H,5-6H2,1-4H3;3H,2H2,1H3;2H,1H3. The topological polar surface area (TPSA) is 98.9 Å². The summed E-state index contributed by atoms with van der Waals surface area (Å²) in [5.41, 5.74) is 7.73. The molecule has 0 amide bonds. The van der Waals surface area contributed by atoms with Crippen LogP contribution in [0.15, 0.2) is 18.2 Å². The van der Waals surface area contributed by atoms with Crippen LogP contribution in [0.4, 0.5) is 5.69 Å². The molecule has 1 atom stereocenters. The van der Waals surface area contributed by atoms with E-state index < -0.39 is 0 Å². The first-order valence-electron chi connectivity index (χ1n) is 12.1. The Kier molecular flexibility index (Phi) is 27.1. The second-order valence-corrected chi connectivity index (χ2v) is 8.15. The van der Waals surface area contributed by atoms with Gasteiger partial charge in [0, 0.05) is 50.7 Å². The van der Waals surface area contributed by atoms with E-state index in [9.17, 15) is 9.59 Å². The molecule has 1 rings (SSSR count). The summed E-state index contributed by atoms with van der Waals surface area (Å²) in [6.07, 6.45) is 4.41. The van der Waals surface area contributed by atoms with E-state index in [4.69, 9.17) is 20.0 Å². The third-order valence-electron chi connectivity index (χ3n) is 4.36. The maximum Gasteiger partial charge on any atom is 0.138 e. The fourth-order valence-corrected chi connectivity index (χ4v) is 2.71. The highest BCUT2D eigenvalue weighted by Gasteiger charge is 2.14. The first-order valence-corrected chi connectivity index (χ1v) is 12.1. The van der Waals surface area contributed by atoms with Gasteiger partial charge in [-0.1, -0.05) is 47.1 Å². The minimum absolute atomic E-state index is 0.210. The Balaban J connectivity index is -0.000000477. The second-order valence-electron chi connectivity index (χ2n) is 8.15. The van der Waals surface area contributed by atoms with Crippen LogP contribution in [-0.2, 0) is 19.1 Å². The smallest absolute Gasteiger partial charge is 0.138 e. The van der Waals surface area contributed by atoms with Crippen LogP contribution in [0.1, 0.15) is 66.4 Å². The zero-order valence-corrected chi connectivity index (χ0v) is 23.1. The maximum atomic E-state index is 11.2. The highest BCUT2D eigenvalue weighted by Crippen LogP contribution is 2.23. The lowest BCUT2D eigenvalue weighted by molar-refractivity contribution is -0.125. The number of hydrogen-bond acceptors (Lipinski definition) is 7. The molecule has 0 aliphatic carbocycles. The molecule has 34 heavy (non-hydrogen) atoms. The van der Waals surface area contributed by atoms with Crippen molar-refractivity contribution in [2.45, 2.75) is 67.7 Å². The Morgan fingerprint density at radius 2 is 1.65 bits per heavy atom. The van der Waals surface area contributed by atoms with Crippen molar-refractivity contribution in [3.05, 3.63) is 23.8 Å². The predicted octanol–water partition coefficient (Wildman–Crippen LogP) is 4.86. The van der Waals surface area contributed by atoms with E-state index >= 15 is 0 Å². The predicted molar refractivity (Wildman–Crippen MR) is 143 cm³/mol. The molecule has 2 N–H and O–H groups in total. The molecule has 0 spiro atoms. The third kappa shape index (κ3) is 21.6. The van der Waals surface area contributed by atoms with Crippen LogP contribution in [0.3, 0.4) is 0 Å². The van der Waals surface area contributed by atoms with Crippen LogP contribution in [0.2, 0.25) is 0 Å². The molecule has 0 radical (unpaired) electrons. The second kappa shape index (κ2) is 25.4. The van der Waals surface area contributed by atoms with Gasteiger partial charge in [-0.15, -0.1) is 0 Å². The van der Waals surface area contributed by atoms with Gasteiger partial charge in [0.05, 0.1) is 13.2 Å². The minimum atomic E-state index is 0.210. The van der Waals surface area contributed by atoms with Gasteiger partial charge < -0.3 is 29.7 Å². The molecule has 0 aliphatic rings. The van der Waals surface area contributed by atoms with Crippen LogP contribution in [-0.4, -0.2) is 58.8 Å². The monoisotopic (exact) mass is 482 g/mol. The van der Waals surface area contributed by atoms with Gasteiger partial charge >= 0.3 is 0 Å². The summed E-state index contributed by atoms with van der Waals surface area (Å²) in [6.45, 7) is 15.7. The maximum absolute atomic E-state index is 11.2. The van der Waals surface area contributed by atoms with E-state index in [2.05, 4.69) is 24.8 Å². The molecule has 0 aromatic heterocycles. The summed E-state index contributed by atoms with van der Waals surface area (Å²) in [5.74, 6) is 1.75. The Labute approximate surface area is 208 Å². The largest absolute Gasteiger partial charge is 0.491 e. The van der Waals surface area contributed by atoms with Gasteiger partial charge in [0.15, 0.2) is 0 Å². The van der Waals surface area contributed by atoms with Crippen LogP contribution < -0.4 is 15.4 Å². The number of hydrogen-bond donors (Lipinski definition) is 1. The number of rotatable bonds is 12. The SMILES string of the molecule is CC=O.CCC=O.CCCC(C)C(=O)C(C)C.Cc1ccc(OCCOCCN)cc1N(C)C. The molecule has 0 saturated heterocycles. The third-order valence-corrected chi connectivity index (χ3v) is 4.36. The summed E-state index contributed by atoms with van der Waals surface area (Å²) in [5, 5.41) is 0. The van der Waals surface area contributed by atoms with Gasteiger partial charge in [0.2, 0.25) is 0 Å². The van der Waals surface area contributed by atoms with E-state index in [-0.39, 0.29) is 11.8 Å². The average molecular weight is 483 g/mol. The molecular formula is C27H50N2O5. The number of carbonyl (C=O) groups excluding carboxylic acids is 3. The van der Waals surface area contributed by atoms with Crippen LogP contribution in [0.25, 0.3) is 0 Å². The number of anilines is 1. The normalized spacial score (nSPS) is 10.3. The first kappa shape index (κ1) is 36.3. The minimum Gasteiger partial charge on any atom is -0.491 e. The number of aryl methyl sites for hydroxylation is 1. The van der Waals surface area contributed by atoms with Crippen LogP contribution in [0, 0.1) is 18.8 Å². The van der Waals surface area contributed by atoms with Crippen molar-refractivity contribution in [1.29, 1.82) is 0 Å². The van der Waals surface area contributed by atoms with Crippen molar-refractivity contribution >= 4 is 24.0 Å². The zero-order valence-electron chi connectivity index (χ0n) is 23.1. The van der Waals surface area contributed by atoms with Crippen molar-refractivity contribution < 1.29 is 23.9 Å². The van der Waals surface area contributed by atoms with E-state index in [0.717, 1.165) is 31.2 Å². The molecule has 7 nitrogen and oxygen atoms in total. The Bertz CT molecular complexity index is 633. The van der Waals surface area contributed by atoms with E-state index in [0.29, 0.717) is 38.6 Å². The molecule has 0 heterocycles. The van der Waals surface area contributed by atoms with Gasteiger partial charge in [-0.05, 0) is 31.9 Å². The lowest BCUT2D eigenvalue weighted by Gasteiger charge is -2.17. The molecule has 0 aliphatic heterocycles. The number of aldehydes is 2. The number of nitrogens with two attached hydrogens (primary N) is 1. The van der Waals surface area contributed by atoms with Gasteiger partial charge in [-0.3, -0.25) is 4.79 Å². The number of benzene rings is 1. The lowest BCUT2D eigenvalue weighted by atomic mass is 9.93. The van der Waals surface area contributed by atoms with Gasteiger partial charge in [-0.25, -0.2) is 0 Å². The summed E-state index contributed by atoms with van der Waals surface area (Å²) < 4.78 is 10.9. The summed E-state index contributed by atoms with van der Waals surface area (Å²) in [6, 6.07) is 6.08. The molecule has 0 bridgehead atoms. The number of nitrogens with zero attached hydrogens (tertiary/aromatic N) is 1. The highest BCUT2D eigenvalue weighted by molar-refractivity contribution is 5.82. The lowest BCUT2D eigenvalue weighted by Crippen LogP contribution is -2.16. The molecule has 7 heteroatoms. The summed E-state index contributed by atoms with van der Waals surface area (Å²) in [4.78, 5) is 31.3. The van der Waals surface area contributed by atoms with Crippen LogP contribution in [0.5, 0.6) is 5.75 Å². The molecular weight excluding hydrogens is 432 g/mol. The number of ketones is 1. The van der Waals surface area contributed by atoms with Gasteiger partial charge in [0.1, 0.15) is 30.7 Å². The highest BCUT2D eigenvalue weighted by atomic mass is 16.5. The van der Waals surface area contributed by atoms with Crippen molar-refractivity contribution in [2.24, 2.45) is 17.6 Å². The summed E-state index contributed by atoms with van der Waals surface area (Å²) >= 11 is 0. The summed E-state index contributed by atoms with van der Waals surface area (Å²) in [7, 11) is 4.05. The van der Waals surface area contributed by atoms with Crippen molar-refractivity contribution in [3.8, 4) is 5.75 Å². The van der Waals surface area contributed by atoms with E-state index in [1.165, 1.54) is 18.2 Å². The van der Waals surface area contributed by atoms with Gasteiger partial charge in [-0.2, -0.15) is 0 Å². The zero-order chi connectivity index (χ0) is 26.9. The number of ether oxygens (including phenoxy) is 2. The fourth-order valence-electron chi connectivity index (χ4n) is 2.71. The fraction of sp³-hybridized carbons (Fsp3) is 0.667. The quantitative estimate of drug-likeness (QED) is 0.335. The number of carbonyl (C=O) groups is 3. The number of Topliss-reactive ketones (excluding diaryl/α,β-unsaturated/α-hetero) is 1. The van der Waals surface area contributed by atoms with Crippen LogP contribution >= 0.6 is 0 Å². The molecule has 1 unspecified atom stereocenters. The van der Waals surface area contributed by atoms with E-state index in [1.807, 2.05) is 53.9 Å². The molecule has 198 valence electrons. The average Bonchev–Trinajstić information content (AvgIpc) is 2.80. The molecule has 1 aromatic rings. The molecule has 1 aromatic carbocycles. The van der Waals surface area contributed by atoms with E-state index in [1.54, 1.807) is 0 Å².